The van der Waals surface area contributed by atoms with Crippen LogP contribution >= 0.6 is 15.9 Å². The van der Waals surface area contributed by atoms with Crippen molar-refractivity contribution in [3.05, 3.63) is 103 Å². The van der Waals surface area contributed by atoms with E-state index in [0.717, 1.165) is 15.6 Å². The van der Waals surface area contributed by atoms with Crippen molar-refractivity contribution in [2.75, 3.05) is 12.4 Å². The van der Waals surface area contributed by atoms with Crippen LogP contribution in [0.2, 0.25) is 0 Å². The lowest BCUT2D eigenvalue weighted by Crippen LogP contribution is -2.13. The van der Waals surface area contributed by atoms with Gasteiger partial charge in [0.25, 0.3) is 11.6 Å². The van der Waals surface area contributed by atoms with Crippen LogP contribution in [0.3, 0.4) is 0 Å². The van der Waals surface area contributed by atoms with E-state index in [2.05, 4.69) is 53.3 Å². The molecule has 0 saturated carbocycles. The van der Waals surface area contributed by atoms with Crippen molar-refractivity contribution in [3.63, 3.8) is 0 Å². The smallest absolute Gasteiger partial charge is 0.271 e. The molecule has 0 heterocycles. The third-order valence-corrected chi connectivity index (χ3v) is 5.76. The second-order valence-electron chi connectivity index (χ2n) is 7.79. The van der Waals surface area contributed by atoms with Crippen LogP contribution in [-0.4, -0.2) is 17.9 Å². The van der Waals surface area contributed by atoms with E-state index >= 15 is 0 Å². The Bertz CT molecular complexity index is 1320. The molecule has 172 valence electrons. The van der Waals surface area contributed by atoms with Gasteiger partial charge in [-0.2, -0.15) is 5.26 Å². The molecule has 0 spiro atoms. The Morgan fingerprint density at radius 3 is 2.50 bits per heavy atom. The summed E-state index contributed by atoms with van der Waals surface area (Å²) < 4.78 is 6.39. The molecular formula is C26H22BrN3O4. The number of anilines is 1. The number of nitriles is 1. The SMILES string of the molecule is COc1cc(/C=C(\C#N)C(=O)Nc2cccc([N+](=O)[O-])c2)cc(Br)c1Cc1cc(C)cc(C)c1. The van der Waals surface area contributed by atoms with Gasteiger partial charge in [0.2, 0.25) is 0 Å². The van der Waals surface area contributed by atoms with Crippen molar-refractivity contribution in [1.82, 2.24) is 0 Å². The number of amides is 1. The normalized spacial score (nSPS) is 11.0. The maximum absolute atomic E-state index is 12.6. The summed E-state index contributed by atoms with van der Waals surface area (Å²) in [6.07, 6.45) is 2.09. The highest BCUT2D eigenvalue weighted by Gasteiger charge is 2.15. The number of nitro groups is 1. The summed E-state index contributed by atoms with van der Waals surface area (Å²) in [5.74, 6) is -0.0476. The number of ether oxygens (including phenoxy) is 1. The molecular weight excluding hydrogens is 498 g/mol. The first-order valence-corrected chi connectivity index (χ1v) is 11.1. The summed E-state index contributed by atoms with van der Waals surface area (Å²) in [6, 6.07) is 17.4. The molecule has 3 aromatic carbocycles. The van der Waals surface area contributed by atoms with Gasteiger partial charge in [-0.1, -0.05) is 51.3 Å². The molecule has 8 heteroatoms. The highest BCUT2D eigenvalue weighted by molar-refractivity contribution is 9.10. The Balaban J connectivity index is 1.89. The standard InChI is InChI=1S/C26H22BrN3O4/c1-16-7-17(2)9-18(8-16)11-23-24(27)12-19(13-25(23)34-3)10-20(15-28)26(31)29-21-5-4-6-22(14-21)30(32)33/h4-10,12-14H,11H2,1-3H3,(H,29,31)/b20-10+. The van der Waals surface area contributed by atoms with Gasteiger partial charge in [0.05, 0.1) is 12.0 Å². The number of nitrogens with zero attached hydrogens (tertiary/aromatic N) is 2. The van der Waals surface area contributed by atoms with Crippen molar-refractivity contribution in [3.8, 4) is 11.8 Å². The van der Waals surface area contributed by atoms with Crippen LogP contribution in [0.1, 0.15) is 27.8 Å². The largest absolute Gasteiger partial charge is 0.496 e. The van der Waals surface area contributed by atoms with Crippen LogP contribution in [-0.2, 0) is 11.2 Å². The van der Waals surface area contributed by atoms with Gasteiger partial charge in [0, 0.05) is 34.3 Å². The summed E-state index contributed by atoms with van der Waals surface area (Å²) in [7, 11) is 1.57. The van der Waals surface area contributed by atoms with E-state index in [1.807, 2.05) is 12.1 Å². The first kappa shape index (κ1) is 24.7. The fourth-order valence-electron chi connectivity index (χ4n) is 3.65. The van der Waals surface area contributed by atoms with Crippen molar-refractivity contribution in [2.24, 2.45) is 0 Å². The molecule has 0 saturated heterocycles. The average molecular weight is 520 g/mol. The van der Waals surface area contributed by atoms with E-state index in [4.69, 9.17) is 4.74 Å². The Morgan fingerprint density at radius 2 is 1.88 bits per heavy atom. The molecule has 0 atom stereocenters. The molecule has 7 nitrogen and oxygen atoms in total. The van der Waals surface area contributed by atoms with Crippen LogP contribution in [0.25, 0.3) is 6.08 Å². The van der Waals surface area contributed by atoms with Gasteiger partial charge in [-0.15, -0.1) is 0 Å². The van der Waals surface area contributed by atoms with Crippen molar-refractivity contribution in [2.45, 2.75) is 20.3 Å². The Labute approximate surface area is 206 Å². The number of benzene rings is 3. The first-order valence-electron chi connectivity index (χ1n) is 10.3. The van der Waals surface area contributed by atoms with Gasteiger partial charge in [-0.05, 0) is 49.2 Å². The molecule has 1 amide bonds. The van der Waals surface area contributed by atoms with Crippen LogP contribution in [0.15, 0.2) is 64.6 Å². The Kier molecular flexibility index (Phi) is 7.82. The zero-order valence-electron chi connectivity index (χ0n) is 18.9. The molecule has 0 fully saturated rings. The number of methoxy groups -OCH3 is 1. The quantitative estimate of drug-likeness (QED) is 0.175. The summed E-state index contributed by atoms with van der Waals surface area (Å²) >= 11 is 3.60. The van der Waals surface area contributed by atoms with Crippen LogP contribution in [0.5, 0.6) is 5.75 Å². The number of nitro benzene ring substituents is 1. The zero-order chi connectivity index (χ0) is 24.8. The predicted molar refractivity (Wildman–Crippen MR) is 135 cm³/mol. The highest BCUT2D eigenvalue weighted by atomic mass is 79.9. The minimum atomic E-state index is -0.669. The van der Waals surface area contributed by atoms with Crippen molar-refractivity contribution >= 4 is 39.3 Å². The number of hydrogen-bond acceptors (Lipinski definition) is 5. The average Bonchev–Trinajstić information content (AvgIpc) is 2.78. The lowest BCUT2D eigenvalue weighted by molar-refractivity contribution is -0.384. The lowest BCUT2D eigenvalue weighted by Gasteiger charge is -2.13. The summed E-state index contributed by atoms with van der Waals surface area (Å²) in [5.41, 5.74) is 4.96. The topological polar surface area (TPSA) is 105 Å². The van der Waals surface area contributed by atoms with Gasteiger partial charge < -0.3 is 10.1 Å². The molecule has 0 bridgehead atoms. The predicted octanol–water partition coefficient (Wildman–Crippen LogP) is 6.12. The van der Waals surface area contributed by atoms with Gasteiger partial charge in [0.1, 0.15) is 17.4 Å². The monoisotopic (exact) mass is 519 g/mol. The fraction of sp³-hybridized carbons (Fsp3) is 0.154. The number of carbonyl (C=O) groups excluding carboxylic acids is 1. The van der Waals surface area contributed by atoms with E-state index in [-0.39, 0.29) is 16.9 Å². The number of nitrogens with one attached hydrogen (secondary N) is 1. The second-order valence-corrected chi connectivity index (χ2v) is 8.64. The molecule has 0 radical (unpaired) electrons. The lowest BCUT2D eigenvalue weighted by atomic mass is 9.98. The molecule has 0 aromatic heterocycles. The van der Waals surface area contributed by atoms with Crippen LogP contribution in [0.4, 0.5) is 11.4 Å². The third kappa shape index (κ3) is 6.09. The van der Waals surface area contributed by atoms with E-state index in [1.165, 1.54) is 41.5 Å². The second kappa shape index (κ2) is 10.8. The Morgan fingerprint density at radius 1 is 1.18 bits per heavy atom. The number of halogens is 1. The zero-order valence-corrected chi connectivity index (χ0v) is 20.5. The molecule has 1 N–H and O–H groups in total. The van der Waals surface area contributed by atoms with E-state index in [1.54, 1.807) is 13.2 Å². The van der Waals surface area contributed by atoms with Crippen LogP contribution < -0.4 is 10.1 Å². The van der Waals surface area contributed by atoms with Crippen molar-refractivity contribution in [1.29, 1.82) is 5.26 Å². The number of non-ortho nitro benzene ring substituents is 1. The minimum Gasteiger partial charge on any atom is -0.496 e. The van der Waals surface area contributed by atoms with Gasteiger partial charge >= 0.3 is 0 Å². The maximum Gasteiger partial charge on any atom is 0.271 e. The number of carbonyl (C=O) groups is 1. The van der Waals surface area contributed by atoms with Crippen LogP contribution in [0, 0.1) is 35.3 Å². The molecule has 0 aliphatic rings. The first-order chi connectivity index (χ1) is 16.2. The minimum absolute atomic E-state index is 0.150. The molecule has 3 rings (SSSR count). The number of rotatable bonds is 7. The fourth-order valence-corrected chi connectivity index (χ4v) is 4.25. The highest BCUT2D eigenvalue weighted by Crippen LogP contribution is 2.32. The summed E-state index contributed by atoms with van der Waals surface area (Å²) in [6.45, 7) is 4.11. The molecule has 3 aromatic rings. The number of hydrogen-bond donors (Lipinski definition) is 1. The number of aryl methyl sites for hydroxylation is 2. The van der Waals surface area contributed by atoms with E-state index in [9.17, 15) is 20.2 Å². The van der Waals surface area contributed by atoms with Gasteiger partial charge in [0.15, 0.2) is 0 Å². The Hall–Kier alpha value is -3.96. The molecule has 0 aliphatic carbocycles. The summed E-state index contributed by atoms with van der Waals surface area (Å²) in [5, 5.41) is 23.0. The summed E-state index contributed by atoms with van der Waals surface area (Å²) in [4.78, 5) is 23.0. The third-order valence-electron chi connectivity index (χ3n) is 5.05. The molecule has 0 aliphatic heterocycles. The molecule has 0 unspecified atom stereocenters. The molecule has 34 heavy (non-hydrogen) atoms. The van der Waals surface area contributed by atoms with Gasteiger partial charge in [-0.25, -0.2) is 0 Å². The van der Waals surface area contributed by atoms with E-state index in [0.29, 0.717) is 17.7 Å². The van der Waals surface area contributed by atoms with Crippen molar-refractivity contribution < 1.29 is 14.5 Å². The maximum atomic E-state index is 12.6. The van der Waals surface area contributed by atoms with E-state index < -0.39 is 10.8 Å². The van der Waals surface area contributed by atoms with Gasteiger partial charge in [-0.3, -0.25) is 14.9 Å².